The highest BCUT2D eigenvalue weighted by Crippen LogP contribution is 2.78. The predicted octanol–water partition coefficient (Wildman–Crippen LogP) is 24.9. The number of fused-ring (bicyclic) bond motifs is 6. The molecule has 466 valence electrons. The fraction of sp³-hybridized carbons (Fsp3) is 0.0889. The molecular weight excluding hydrogens is 1200 g/mol. The van der Waals surface area contributed by atoms with Crippen LogP contribution in [0.15, 0.2) is 379 Å². The maximum atomic E-state index is 6.11. The second-order valence-corrected chi connectivity index (χ2v) is 33.3. The molecule has 16 aromatic rings. The Labute approximate surface area is 566 Å². The van der Waals surface area contributed by atoms with Crippen molar-refractivity contribution in [2.24, 2.45) is 0 Å². The summed E-state index contributed by atoms with van der Waals surface area (Å²) in [5, 5.41) is 4.71. The Morgan fingerprint density at radius 3 is 0.896 bits per heavy atom. The van der Waals surface area contributed by atoms with E-state index in [-0.39, 0.29) is 10.8 Å². The van der Waals surface area contributed by atoms with Crippen molar-refractivity contribution in [3.63, 3.8) is 0 Å². The number of rotatable bonds is 13. The first-order valence-electron chi connectivity index (χ1n) is 33.2. The molecule has 0 spiro atoms. The standard InChI is InChI=1S/C90H74N4S2/c1-89(2,3)68-51-53-84-80(59-68)81-60-69(90(4,5)6)52-54-85(81)94(84)87-62-86(93-82-49-27-25-47-78(82)79-48-26-28-50-83(79)93)91-88(92-87)67-57-76(95(70-37-17-9-18-38-70,71-39-19-10-20-40-71)74-45-29-35-65(55-74)63-31-13-7-14-32-63)61-77(58-67)96(72-41-21-11-22-42-72,73-43-23-12-24-44-73)75-46-30-36-66(56-75)64-33-15-8-16-34-64/h7-62H,1-6H3. The third-order valence-electron chi connectivity index (χ3n) is 19.1. The van der Waals surface area contributed by atoms with E-state index in [0.29, 0.717) is 5.82 Å². The second-order valence-electron chi connectivity index (χ2n) is 27.0. The zero-order valence-corrected chi connectivity index (χ0v) is 56.6. The van der Waals surface area contributed by atoms with Gasteiger partial charge in [-0.1, -0.05) is 248 Å². The van der Waals surface area contributed by atoms with Gasteiger partial charge in [0.25, 0.3) is 0 Å². The first kappa shape index (κ1) is 60.2. The second kappa shape index (κ2) is 24.2. The van der Waals surface area contributed by atoms with E-state index in [1.165, 1.54) is 51.3 Å². The zero-order chi connectivity index (χ0) is 65.2. The predicted molar refractivity (Wildman–Crippen MR) is 404 cm³/mol. The number of nitrogens with zero attached hydrogens (tertiary/aromatic N) is 4. The van der Waals surface area contributed by atoms with E-state index in [1.807, 2.05) is 0 Å². The van der Waals surface area contributed by atoms with Crippen molar-refractivity contribution < 1.29 is 0 Å². The summed E-state index contributed by atoms with van der Waals surface area (Å²) in [6.45, 7) is 13.9. The third-order valence-corrected chi connectivity index (χ3v) is 26.8. The van der Waals surface area contributed by atoms with Gasteiger partial charge >= 0.3 is 0 Å². The molecule has 0 aliphatic carbocycles. The number of aromatic nitrogens is 4. The molecule has 0 fully saturated rings. The molecule has 16 rings (SSSR count). The van der Waals surface area contributed by atoms with E-state index in [4.69, 9.17) is 9.97 Å². The first-order chi connectivity index (χ1) is 46.8. The summed E-state index contributed by atoms with van der Waals surface area (Å²) in [6, 6.07) is 127. The summed E-state index contributed by atoms with van der Waals surface area (Å²) in [7, 11) is -4.92. The van der Waals surface area contributed by atoms with Gasteiger partial charge in [-0.15, -0.1) is 20.1 Å². The summed E-state index contributed by atoms with van der Waals surface area (Å²) in [5.41, 5.74) is 12.2. The van der Waals surface area contributed by atoms with E-state index in [9.17, 15) is 0 Å². The maximum absolute atomic E-state index is 6.11. The molecule has 13 aromatic carbocycles. The van der Waals surface area contributed by atoms with Crippen LogP contribution in [0.2, 0.25) is 0 Å². The van der Waals surface area contributed by atoms with Crippen molar-refractivity contribution in [1.82, 2.24) is 19.1 Å². The minimum absolute atomic E-state index is 0.0854. The number of hydrogen-bond donors (Lipinski definition) is 0. The minimum atomic E-state index is -2.46. The number of hydrogen-bond acceptors (Lipinski definition) is 2. The Kier molecular flexibility index (Phi) is 15.2. The van der Waals surface area contributed by atoms with Crippen LogP contribution in [-0.4, -0.2) is 19.1 Å². The van der Waals surface area contributed by atoms with Crippen LogP contribution in [0, 0.1) is 0 Å². The average Bonchev–Trinajstić information content (AvgIpc) is 1.60. The lowest BCUT2D eigenvalue weighted by Crippen LogP contribution is -2.11. The summed E-state index contributed by atoms with van der Waals surface area (Å²) in [6.07, 6.45) is 0. The highest BCUT2D eigenvalue weighted by Gasteiger charge is 2.39. The van der Waals surface area contributed by atoms with Crippen LogP contribution in [0.1, 0.15) is 52.7 Å². The van der Waals surface area contributed by atoms with Gasteiger partial charge in [0.1, 0.15) is 11.6 Å². The molecule has 0 radical (unpaired) electrons. The lowest BCUT2D eigenvalue weighted by Gasteiger charge is -2.45. The molecular formula is C90H74N4S2. The molecule has 0 bridgehead atoms. The largest absolute Gasteiger partial charge is 0.294 e. The SMILES string of the molecule is CC(C)(C)c1ccc2c(c1)c1cc(C(C)(C)C)ccc1n2-c1cc(-n2c3ccccc3c3ccccc32)nc(-c2cc(S(c3ccccc3)(c3ccccc3)c3cccc(-c4ccccc4)c3)cc(S(c3ccccc3)(c3ccccc3)c3cccc(-c4ccccc4)c3)c2)n1. The van der Waals surface area contributed by atoms with E-state index in [2.05, 4.69) is 390 Å². The van der Waals surface area contributed by atoms with Crippen LogP contribution in [0.25, 0.3) is 88.9 Å². The van der Waals surface area contributed by atoms with Crippen LogP contribution in [0.5, 0.6) is 0 Å². The normalized spacial score (nSPS) is 12.6. The Morgan fingerprint density at radius 2 is 0.531 bits per heavy atom. The summed E-state index contributed by atoms with van der Waals surface area (Å²) >= 11 is 0. The summed E-state index contributed by atoms with van der Waals surface area (Å²) in [5.74, 6) is 2.16. The van der Waals surface area contributed by atoms with Gasteiger partial charge in [0.2, 0.25) is 0 Å². The van der Waals surface area contributed by atoms with Gasteiger partial charge in [-0.3, -0.25) is 9.13 Å². The Morgan fingerprint density at radius 1 is 0.229 bits per heavy atom. The van der Waals surface area contributed by atoms with Gasteiger partial charge in [-0.25, -0.2) is 9.97 Å². The lowest BCUT2D eigenvalue weighted by atomic mass is 9.85. The Bertz CT molecular complexity index is 5140. The van der Waals surface area contributed by atoms with Crippen molar-refractivity contribution in [3.8, 4) is 45.3 Å². The fourth-order valence-corrected chi connectivity index (χ4v) is 22.3. The zero-order valence-electron chi connectivity index (χ0n) is 54.9. The van der Waals surface area contributed by atoms with Crippen LogP contribution >= 0.6 is 20.1 Å². The highest BCUT2D eigenvalue weighted by atomic mass is 32.3. The molecule has 0 aliphatic heterocycles. The number of benzene rings is 13. The van der Waals surface area contributed by atoms with E-state index < -0.39 is 20.1 Å². The van der Waals surface area contributed by atoms with Crippen molar-refractivity contribution in [2.45, 2.75) is 91.5 Å². The van der Waals surface area contributed by atoms with Gasteiger partial charge in [0, 0.05) is 72.3 Å². The average molecular weight is 1280 g/mol. The smallest absolute Gasteiger partial charge is 0.163 e. The molecule has 3 heterocycles. The summed E-state index contributed by atoms with van der Waals surface area (Å²) < 4.78 is 4.78. The molecule has 0 N–H and O–H groups in total. The van der Waals surface area contributed by atoms with Crippen LogP contribution < -0.4 is 0 Å². The van der Waals surface area contributed by atoms with E-state index in [1.54, 1.807) is 0 Å². The topological polar surface area (TPSA) is 35.6 Å². The van der Waals surface area contributed by atoms with Crippen LogP contribution in [0.3, 0.4) is 0 Å². The monoisotopic (exact) mass is 1270 g/mol. The van der Waals surface area contributed by atoms with Crippen molar-refractivity contribution >= 4 is 63.7 Å². The Balaban J connectivity index is 1.10. The van der Waals surface area contributed by atoms with Crippen molar-refractivity contribution in [2.75, 3.05) is 0 Å². The van der Waals surface area contributed by atoms with Gasteiger partial charge in [0.15, 0.2) is 5.82 Å². The molecule has 96 heavy (non-hydrogen) atoms. The molecule has 0 atom stereocenters. The Hall–Kier alpha value is -10.8. The molecule has 0 unspecified atom stereocenters. The molecule has 0 amide bonds. The van der Waals surface area contributed by atoms with Crippen LogP contribution in [0.4, 0.5) is 0 Å². The van der Waals surface area contributed by atoms with Crippen molar-refractivity contribution in [1.29, 1.82) is 0 Å². The molecule has 4 nitrogen and oxygen atoms in total. The van der Waals surface area contributed by atoms with E-state index in [0.717, 1.165) is 82.1 Å². The molecule has 6 heteroatoms. The molecule has 3 aromatic heterocycles. The highest BCUT2D eigenvalue weighted by molar-refractivity contribution is 8.34. The minimum Gasteiger partial charge on any atom is -0.294 e. The number of para-hydroxylation sites is 2. The van der Waals surface area contributed by atoms with Gasteiger partial charge < -0.3 is 0 Å². The van der Waals surface area contributed by atoms with Crippen molar-refractivity contribution in [3.05, 3.63) is 351 Å². The van der Waals surface area contributed by atoms with Gasteiger partial charge in [0.05, 0.1) is 22.1 Å². The maximum Gasteiger partial charge on any atom is 0.163 e. The van der Waals surface area contributed by atoms with Gasteiger partial charge in [-0.05, 0) is 172 Å². The quantitative estimate of drug-likeness (QED) is 0.115. The summed E-state index contributed by atoms with van der Waals surface area (Å²) in [4.78, 5) is 21.8. The lowest BCUT2D eigenvalue weighted by molar-refractivity contribution is 0.590. The molecule has 0 aliphatic rings. The molecule has 0 saturated heterocycles. The fourth-order valence-electron chi connectivity index (χ4n) is 14.3. The van der Waals surface area contributed by atoms with Crippen LogP contribution in [-0.2, 0) is 10.8 Å². The van der Waals surface area contributed by atoms with E-state index >= 15 is 0 Å². The first-order valence-corrected chi connectivity index (χ1v) is 36.4. The third kappa shape index (κ3) is 10.3. The molecule has 0 saturated carbocycles. The van der Waals surface area contributed by atoms with Gasteiger partial charge in [-0.2, -0.15) is 0 Å².